The number of rotatable bonds is 3. The van der Waals surface area contributed by atoms with Crippen LogP contribution >= 0.6 is 0 Å². The van der Waals surface area contributed by atoms with Gasteiger partial charge in [0.15, 0.2) is 0 Å². The van der Waals surface area contributed by atoms with Crippen LogP contribution in [0.1, 0.15) is 52.4 Å². The summed E-state index contributed by atoms with van der Waals surface area (Å²) in [7, 11) is 0. The van der Waals surface area contributed by atoms with E-state index in [2.05, 4.69) is 13.8 Å². The third-order valence-electron chi connectivity index (χ3n) is 5.43. The van der Waals surface area contributed by atoms with Gasteiger partial charge in [-0.1, -0.05) is 20.3 Å². The Kier molecular flexibility index (Phi) is 3.60. The fourth-order valence-corrected chi connectivity index (χ4v) is 4.53. The van der Waals surface area contributed by atoms with Crippen molar-refractivity contribution in [3.8, 4) is 0 Å². The largest absolute Gasteiger partial charge is 0.396 e. The Hall–Kier alpha value is -0.0800. The topological polar surface area (TPSA) is 40.5 Å². The number of fused-ring (bicyclic) bond motifs is 1. The second-order valence-corrected chi connectivity index (χ2v) is 6.25. The molecule has 2 aliphatic carbocycles. The highest BCUT2D eigenvalue weighted by molar-refractivity contribution is 5.01. The quantitative estimate of drug-likeness (QED) is 0.776. The summed E-state index contributed by atoms with van der Waals surface area (Å²) >= 11 is 0. The van der Waals surface area contributed by atoms with E-state index in [1.54, 1.807) is 0 Å². The molecule has 2 aliphatic rings. The molecule has 0 aromatic rings. The molecule has 16 heavy (non-hydrogen) atoms. The predicted octanol–water partition coefficient (Wildman–Crippen LogP) is 2.58. The molecule has 2 fully saturated rings. The van der Waals surface area contributed by atoms with E-state index in [1.165, 1.54) is 25.7 Å². The zero-order valence-electron chi connectivity index (χ0n) is 10.7. The molecule has 0 aromatic carbocycles. The Morgan fingerprint density at radius 3 is 2.75 bits per heavy atom. The second-order valence-electron chi connectivity index (χ2n) is 6.25. The average Bonchev–Trinajstić information content (AvgIpc) is 2.57. The summed E-state index contributed by atoms with van der Waals surface area (Å²) in [6.45, 7) is 4.96. The van der Waals surface area contributed by atoms with Crippen LogP contribution in [0.4, 0.5) is 0 Å². The fraction of sp³-hybridized carbons (Fsp3) is 1.00. The van der Waals surface area contributed by atoms with Crippen LogP contribution in [0.25, 0.3) is 0 Å². The zero-order valence-corrected chi connectivity index (χ0v) is 10.7. The van der Waals surface area contributed by atoms with Gasteiger partial charge < -0.3 is 10.2 Å². The molecule has 5 atom stereocenters. The van der Waals surface area contributed by atoms with E-state index in [0.717, 1.165) is 12.8 Å². The molecule has 0 spiro atoms. The zero-order chi connectivity index (χ0) is 11.8. The van der Waals surface area contributed by atoms with Crippen molar-refractivity contribution in [2.24, 2.45) is 23.2 Å². The van der Waals surface area contributed by atoms with E-state index < -0.39 is 0 Å². The van der Waals surface area contributed by atoms with Crippen molar-refractivity contribution in [1.29, 1.82) is 0 Å². The molecule has 0 amide bonds. The summed E-state index contributed by atoms with van der Waals surface area (Å²) in [5, 5.41) is 19.2. The number of aliphatic hydroxyl groups is 2. The highest BCUT2D eigenvalue weighted by Crippen LogP contribution is 2.57. The highest BCUT2D eigenvalue weighted by atomic mass is 16.3. The first-order valence-corrected chi connectivity index (χ1v) is 6.88. The molecule has 2 saturated carbocycles. The molecule has 2 heteroatoms. The van der Waals surface area contributed by atoms with Gasteiger partial charge in [0.2, 0.25) is 0 Å². The van der Waals surface area contributed by atoms with Gasteiger partial charge in [0.05, 0.1) is 6.10 Å². The third-order valence-corrected chi connectivity index (χ3v) is 5.43. The minimum atomic E-state index is -0.0647. The fourth-order valence-electron chi connectivity index (χ4n) is 4.53. The molecular weight excluding hydrogens is 200 g/mol. The molecule has 0 radical (unpaired) electrons. The lowest BCUT2D eigenvalue weighted by Gasteiger charge is -2.45. The van der Waals surface area contributed by atoms with Gasteiger partial charge in [0, 0.05) is 6.61 Å². The van der Waals surface area contributed by atoms with E-state index >= 15 is 0 Å². The Balaban J connectivity index is 2.11. The third kappa shape index (κ3) is 1.91. The van der Waals surface area contributed by atoms with E-state index in [4.69, 9.17) is 5.11 Å². The standard InChI is InChI=1S/C14H26O2/c1-10(7-9-15)11-5-6-12-13(16)4-3-8-14(11,12)2/h10-13,15-16H,3-9H2,1-2H3/t10-,11-,12?,13+,14-/m1/s1. The van der Waals surface area contributed by atoms with E-state index in [0.29, 0.717) is 29.8 Å². The van der Waals surface area contributed by atoms with Crippen LogP contribution in [0.5, 0.6) is 0 Å². The lowest BCUT2D eigenvalue weighted by atomic mass is 9.61. The molecule has 94 valence electrons. The summed E-state index contributed by atoms with van der Waals surface area (Å²) in [5.74, 6) is 1.83. The number of aliphatic hydroxyl groups excluding tert-OH is 2. The minimum Gasteiger partial charge on any atom is -0.396 e. The van der Waals surface area contributed by atoms with Crippen LogP contribution in [0.3, 0.4) is 0 Å². The molecule has 1 unspecified atom stereocenters. The van der Waals surface area contributed by atoms with Gasteiger partial charge >= 0.3 is 0 Å². The Morgan fingerprint density at radius 2 is 2.06 bits per heavy atom. The predicted molar refractivity (Wildman–Crippen MR) is 65.0 cm³/mol. The average molecular weight is 226 g/mol. The van der Waals surface area contributed by atoms with Crippen molar-refractivity contribution in [2.75, 3.05) is 6.61 Å². The van der Waals surface area contributed by atoms with Crippen LogP contribution in [0.2, 0.25) is 0 Å². The molecule has 0 bridgehead atoms. The van der Waals surface area contributed by atoms with E-state index in [-0.39, 0.29) is 6.10 Å². The molecular formula is C14H26O2. The maximum atomic E-state index is 10.1. The van der Waals surface area contributed by atoms with Crippen LogP contribution in [-0.4, -0.2) is 22.9 Å². The van der Waals surface area contributed by atoms with Gasteiger partial charge in [-0.05, 0) is 55.3 Å². The lowest BCUT2D eigenvalue weighted by molar-refractivity contribution is -0.0287. The van der Waals surface area contributed by atoms with Crippen LogP contribution in [-0.2, 0) is 0 Å². The van der Waals surface area contributed by atoms with Crippen molar-refractivity contribution >= 4 is 0 Å². The molecule has 2 nitrogen and oxygen atoms in total. The van der Waals surface area contributed by atoms with Gasteiger partial charge in [0.25, 0.3) is 0 Å². The van der Waals surface area contributed by atoms with Crippen LogP contribution < -0.4 is 0 Å². The first-order valence-electron chi connectivity index (χ1n) is 6.88. The lowest BCUT2D eigenvalue weighted by Crippen LogP contribution is -2.41. The normalized spacial score (nSPS) is 45.4. The van der Waals surface area contributed by atoms with E-state index in [1.807, 2.05) is 0 Å². The summed E-state index contributed by atoms with van der Waals surface area (Å²) in [6, 6.07) is 0. The maximum Gasteiger partial charge on any atom is 0.0573 e. The molecule has 2 N–H and O–H groups in total. The van der Waals surface area contributed by atoms with Gasteiger partial charge in [-0.15, -0.1) is 0 Å². The monoisotopic (exact) mass is 226 g/mol. The molecule has 0 heterocycles. The SMILES string of the molecule is C[C@H](CCO)[C@H]1CCC2[C@@H](O)CCC[C@@]21C. The summed E-state index contributed by atoms with van der Waals surface area (Å²) in [4.78, 5) is 0. The van der Waals surface area contributed by atoms with Crippen molar-refractivity contribution in [3.63, 3.8) is 0 Å². The highest BCUT2D eigenvalue weighted by Gasteiger charge is 2.51. The molecule has 0 aliphatic heterocycles. The molecule has 0 saturated heterocycles. The van der Waals surface area contributed by atoms with E-state index in [9.17, 15) is 5.11 Å². The second kappa shape index (κ2) is 4.66. The minimum absolute atomic E-state index is 0.0647. The van der Waals surface area contributed by atoms with Crippen molar-refractivity contribution in [1.82, 2.24) is 0 Å². The van der Waals surface area contributed by atoms with Gasteiger partial charge in [-0.25, -0.2) is 0 Å². The summed E-state index contributed by atoms with van der Waals surface area (Å²) in [5.41, 5.74) is 0.340. The van der Waals surface area contributed by atoms with Gasteiger partial charge in [0.1, 0.15) is 0 Å². The Bertz CT molecular complexity index is 241. The number of hydrogen-bond acceptors (Lipinski definition) is 2. The molecule has 2 rings (SSSR count). The van der Waals surface area contributed by atoms with Gasteiger partial charge in [-0.3, -0.25) is 0 Å². The smallest absolute Gasteiger partial charge is 0.0573 e. The summed E-state index contributed by atoms with van der Waals surface area (Å²) in [6.07, 6.45) is 6.75. The van der Waals surface area contributed by atoms with Crippen LogP contribution in [0, 0.1) is 23.2 Å². The van der Waals surface area contributed by atoms with Crippen molar-refractivity contribution < 1.29 is 10.2 Å². The Morgan fingerprint density at radius 1 is 1.31 bits per heavy atom. The first-order chi connectivity index (χ1) is 7.59. The van der Waals surface area contributed by atoms with Gasteiger partial charge in [-0.2, -0.15) is 0 Å². The Labute approximate surface area is 99.1 Å². The van der Waals surface area contributed by atoms with Crippen LogP contribution in [0.15, 0.2) is 0 Å². The maximum absolute atomic E-state index is 10.1. The van der Waals surface area contributed by atoms with Crippen molar-refractivity contribution in [2.45, 2.75) is 58.5 Å². The number of hydrogen-bond donors (Lipinski definition) is 2. The first kappa shape index (κ1) is 12.4. The molecule has 0 aromatic heterocycles. The van der Waals surface area contributed by atoms with Crippen molar-refractivity contribution in [3.05, 3.63) is 0 Å². The summed E-state index contributed by atoms with van der Waals surface area (Å²) < 4.78 is 0.